The number of furan rings is 1. The van der Waals surface area contributed by atoms with Gasteiger partial charge in [-0.15, -0.1) is 22.7 Å². The van der Waals surface area contributed by atoms with E-state index < -0.39 is 10.0 Å². The number of benzene rings is 1. The molecule has 1 fully saturated rings. The van der Waals surface area contributed by atoms with E-state index >= 15 is 0 Å². The fourth-order valence-electron chi connectivity index (χ4n) is 3.80. The molecule has 0 saturated carbocycles. The second kappa shape index (κ2) is 8.78. The second-order valence-electron chi connectivity index (χ2n) is 7.60. The summed E-state index contributed by atoms with van der Waals surface area (Å²) >= 11 is 2.75. The van der Waals surface area contributed by atoms with Crippen LogP contribution in [0.3, 0.4) is 0 Å². The highest BCUT2D eigenvalue weighted by molar-refractivity contribution is 7.91. The van der Waals surface area contributed by atoms with Crippen molar-refractivity contribution in [1.82, 2.24) is 14.6 Å². The molecule has 0 spiro atoms. The van der Waals surface area contributed by atoms with E-state index in [2.05, 4.69) is 10.3 Å². The van der Waals surface area contributed by atoms with Gasteiger partial charge < -0.3 is 9.73 Å². The van der Waals surface area contributed by atoms with Crippen LogP contribution < -0.4 is 5.32 Å². The van der Waals surface area contributed by atoms with Crippen molar-refractivity contribution >= 4 is 48.8 Å². The number of thiazole rings is 1. The largest absolute Gasteiger partial charge is 0.457 e. The van der Waals surface area contributed by atoms with Crippen LogP contribution >= 0.6 is 22.7 Å². The van der Waals surface area contributed by atoms with Crippen LogP contribution in [0.15, 0.2) is 62.5 Å². The van der Waals surface area contributed by atoms with E-state index in [0.717, 1.165) is 15.2 Å². The third-order valence-corrected chi connectivity index (χ3v) is 9.74. The molecule has 1 aliphatic heterocycles. The van der Waals surface area contributed by atoms with E-state index in [1.54, 1.807) is 28.8 Å². The molecule has 1 amide bonds. The van der Waals surface area contributed by atoms with Gasteiger partial charge in [-0.2, -0.15) is 4.31 Å². The maximum absolute atomic E-state index is 12.8. The van der Waals surface area contributed by atoms with E-state index in [4.69, 9.17) is 4.42 Å². The predicted octanol–water partition coefficient (Wildman–Crippen LogP) is 4.33. The first-order valence-corrected chi connectivity index (χ1v) is 13.4. The van der Waals surface area contributed by atoms with Gasteiger partial charge in [-0.1, -0.05) is 18.2 Å². The highest BCUT2D eigenvalue weighted by atomic mass is 32.2. The maximum Gasteiger partial charge on any atom is 0.252 e. The van der Waals surface area contributed by atoms with Crippen LogP contribution in [0, 0.1) is 5.92 Å². The van der Waals surface area contributed by atoms with E-state index in [9.17, 15) is 13.2 Å². The second-order valence-corrected chi connectivity index (χ2v) is 11.7. The van der Waals surface area contributed by atoms with Gasteiger partial charge in [0.2, 0.25) is 5.91 Å². The number of hydrogen-bond donors (Lipinski definition) is 1. The Bertz CT molecular complexity index is 1310. The Morgan fingerprint density at radius 3 is 2.88 bits per heavy atom. The topological polar surface area (TPSA) is 92.5 Å². The Balaban J connectivity index is 1.21. The number of rotatable bonds is 6. The predicted molar refractivity (Wildman–Crippen MR) is 125 cm³/mol. The lowest BCUT2D eigenvalue weighted by molar-refractivity contribution is -0.126. The van der Waals surface area contributed by atoms with Crippen molar-refractivity contribution in [3.05, 3.63) is 59.7 Å². The summed E-state index contributed by atoms with van der Waals surface area (Å²) in [6, 6.07) is 14.9. The molecule has 7 nitrogen and oxygen atoms in total. The molecule has 5 rings (SSSR count). The molecule has 32 heavy (non-hydrogen) atoms. The minimum absolute atomic E-state index is 0.158. The fraction of sp³-hybridized carbons (Fsp3) is 0.273. The van der Waals surface area contributed by atoms with E-state index in [0.29, 0.717) is 35.1 Å². The van der Waals surface area contributed by atoms with Crippen molar-refractivity contribution in [3.63, 3.8) is 0 Å². The molecule has 1 unspecified atom stereocenters. The van der Waals surface area contributed by atoms with Crippen LogP contribution in [0.2, 0.25) is 0 Å². The number of piperidine rings is 1. The monoisotopic (exact) mass is 487 g/mol. The summed E-state index contributed by atoms with van der Waals surface area (Å²) in [5, 5.41) is 5.44. The average molecular weight is 488 g/mol. The number of fused-ring (bicyclic) bond motifs is 1. The zero-order valence-corrected chi connectivity index (χ0v) is 19.5. The summed E-state index contributed by atoms with van der Waals surface area (Å²) in [6.07, 6.45) is 1.32. The molecule has 10 heteroatoms. The molecule has 1 saturated heterocycles. The zero-order chi connectivity index (χ0) is 22.1. The first kappa shape index (κ1) is 21.3. The Morgan fingerprint density at radius 2 is 2.06 bits per heavy atom. The molecule has 1 N–H and O–H groups in total. The first-order chi connectivity index (χ1) is 15.5. The Labute approximate surface area is 193 Å². The lowest BCUT2D eigenvalue weighted by atomic mass is 9.99. The normalized spacial score (nSPS) is 17.6. The van der Waals surface area contributed by atoms with Gasteiger partial charge in [-0.05, 0) is 48.6 Å². The number of aromatic nitrogens is 1. The smallest absolute Gasteiger partial charge is 0.252 e. The molecule has 1 aromatic carbocycles. The first-order valence-electron chi connectivity index (χ1n) is 10.3. The minimum Gasteiger partial charge on any atom is -0.457 e. The molecule has 4 heterocycles. The molecule has 0 aliphatic carbocycles. The number of para-hydroxylation sites is 1. The summed E-state index contributed by atoms with van der Waals surface area (Å²) in [6.45, 7) is 0.882. The van der Waals surface area contributed by atoms with Crippen LogP contribution in [0.1, 0.15) is 18.6 Å². The van der Waals surface area contributed by atoms with Gasteiger partial charge in [0.15, 0.2) is 10.8 Å². The summed E-state index contributed by atoms with van der Waals surface area (Å²) < 4.78 is 34.3. The van der Waals surface area contributed by atoms with Crippen molar-refractivity contribution in [2.24, 2.45) is 5.92 Å². The van der Waals surface area contributed by atoms with Crippen molar-refractivity contribution in [3.8, 4) is 10.8 Å². The number of carbonyl (C=O) groups is 1. The maximum atomic E-state index is 12.8. The van der Waals surface area contributed by atoms with Gasteiger partial charge in [0.25, 0.3) is 10.0 Å². The van der Waals surface area contributed by atoms with Crippen LogP contribution in [-0.4, -0.2) is 36.7 Å². The highest BCUT2D eigenvalue weighted by Gasteiger charge is 2.33. The van der Waals surface area contributed by atoms with Crippen LogP contribution in [0.5, 0.6) is 0 Å². The molecule has 166 valence electrons. The number of thiophene rings is 1. The molecule has 4 aromatic rings. The van der Waals surface area contributed by atoms with Crippen molar-refractivity contribution in [1.29, 1.82) is 0 Å². The molecule has 1 aliphatic rings. The van der Waals surface area contributed by atoms with Crippen molar-refractivity contribution in [2.45, 2.75) is 23.6 Å². The standard InChI is InChI=1S/C22H21N3O4S3/c26-21(15-5-3-11-25(14-15)32(27,28)20-8-4-12-30-20)23-13-16-9-10-18(29-16)22-24-17-6-1-2-7-19(17)31-22/h1-2,4,6-10,12,15H,3,5,11,13-14H2,(H,23,26). The third-order valence-electron chi connectivity index (χ3n) is 5.45. The highest BCUT2D eigenvalue weighted by Crippen LogP contribution is 2.31. The Morgan fingerprint density at radius 1 is 1.19 bits per heavy atom. The van der Waals surface area contributed by atoms with Crippen molar-refractivity contribution < 1.29 is 17.6 Å². The van der Waals surface area contributed by atoms with Crippen LogP contribution in [-0.2, 0) is 21.4 Å². The Hall–Kier alpha value is -2.53. The van der Waals surface area contributed by atoms with E-state index in [1.165, 1.54) is 15.6 Å². The lowest BCUT2D eigenvalue weighted by Crippen LogP contribution is -2.45. The number of hydrogen-bond acceptors (Lipinski definition) is 7. The molecule has 3 aromatic heterocycles. The summed E-state index contributed by atoms with van der Waals surface area (Å²) in [4.78, 5) is 17.3. The molecule has 0 bridgehead atoms. The van der Waals surface area contributed by atoms with Gasteiger partial charge in [-0.3, -0.25) is 4.79 Å². The number of carbonyl (C=O) groups excluding carboxylic acids is 1. The quantitative estimate of drug-likeness (QED) is 0.437. The number of sulfonamides is 1. The Kier molecular flexibility index (Phi) is 5.85. The van der Waals surface area contributed by atoms with Crippen LogP contribution in [0.4, 0.5) is 0 Å². The van der Waals surface area contributed by atoms with E-state index in [1.807, 2.05) is 36.4 Å². The van der Waals surface area contributed by atoms with Gasteiger partial charge in [0, 0.05) is 13.1 Å². The number of nitrogens with zero attached hydrogens (tertiary/aromatic N) is 2. The number of amides is 1. The summed E-state index contributed by atoms with van der Waals surface area (Å²) in [7, 11) is -3.54. The van der Waals surface area contributed by atoms with Crippen LogP contribution in [0.25, 0.3) is 21.0 Å². The SMILES string of the molecule is O=C(NCc1ccc(-c2nc3ccccc3s2)o1)C1CCCN(S(=O)(=O)c2cccs2)C1. The third kappa shape index (κ3) is 4.23. The van der Waals surface area contributed by atoms with Crippen molar-refractivity contribution in [2.75, 3.05) is 13.1 Å². The average Bonchev–Trinajstić information content (AvgIpc) is 3.57. The minimum atomic E-state index is -3.54. The van der Waals surface area contributed by atoms with E-state index in [-0.39, 0.29) is 24.9 Å². The molecule has 1 atom stereocenters. The van der Waals surface area contributed by atoms with Gasteiger partial charge in [0.05, 0.1) is 22.7 Å². The van der Waals surface area contributed by atoms with Gasteiger partial charge >= 0.3 is 0 Å². The zero-order valence-electron chi connectivity index (χ0n) is 17.1. The summed E-state index contributed by atoms with van der Waals surface area (Å²) in [5.74, 6) is 0.763. The number of nitrogens with one attached hydrogen (secondary N) is 1. The fourth-order valence-corrected chi connectivity index (χ4v) is 7.39. The molecule has 0 radical (unpaired) electrons. The molecular formula is C22H21N3O4S3. The van der Waals surface area contributed by atoms with Gasteiger partial charge in [0.1, 0.15) is 9.97 Å². The molecular weight excluding hydrogens is 466 g/mol. The lowest BCUT2D eigenvalue weighted by Gasteiger charge is -2.30. The van der Waals surface area contributed by atoms with Gasteiger partial charge in [-0.25, -0.2) is 13.4 Å². The summed E-state index contributed by atoms with van der Waals surface area (Å²) in [5.41, 5.74) is 0.929.